The van der Waals surface area contributed by atoms with Crippen LogP contribution in [0.2, 0.25) is 0 Å². The van der Waals surface area contributed by atoms with Crippen LogP contribution in [0, 0.1) is 0 Å². The Labute approximate surface area is 380 Å². The largest absolute Gasteiger partial charge is 0.497 e. The van der Waals surface area contributed by atoms with Gasteiger partial charge in [0, 0.05) is 25.4 Å². The van der Waals surface area contributed by atoms with Crippen LogP contribution in [0.3, 0.4) is 0 Å². The number of rotatable bonds is 30. The number of hydrogen-bond donors (Lipinski definition) is 2. The lowest BCUT2D eigenvalue weighted by Gasteiger charge is -2.37. The van der Waals surface area contributed by atoms with Crippen LogP contribution in [0.1, 0.15) is 139 Å². The first-order valence-electron chi connectivity index (χ1n) is 23.8. The zero-order valence-electron chi connectivity index (χ0n) is 38.7. The Bertz CT molecular complexity index is 1970. The number of nitrogens with zero attached hydrogens (tertiary/aromatic N) is 2. The number of amides is 1. The number of hydrogen-bond acceptors (Lipinski definition) is 9. The Morgan fingerprint density at radius 2 is 1.17 bits per heavy atom. The lowest BCUT2D eigenvalue weighted by molar-refractivity contribution is -0.143. The smallest absolute Gasteiger partial charge is 0.330 e. The van der Waals surface area contributed by atoms with Crippen LogP contribution < -0.4 is 20.7 Å². The summed E-state index contributed by atoms with van der Waals surface area (Å²) in [7, 11) is 3.22. The van der Waals surface area contributed by atoms with Gasteiger partial charge in [0.15, 0.2) is 6.23 Å². The maximum absolute atomic E-state index is 14.1. The summed E-state index contributed by atoms with van der Waals surface area (Å²) in [6, 6.07) is 26.2. The molecule has 0 bridgehead atoms. The molecule has 1 amide bonds. The Kier molecular flexibility index (Phi) is 21.1. The molecule has 4 aromatic rings. The standard InChI is InChI=1S/C52H73N3O9/c1-5-7-9-11-13-15-17-22-35-54(36-23-18-16-14-12-10-8-6-2)47(57)39-62-49-48(58)45(64-50(49)55-37-34-46(56)53-51(55)59)38-63-52(40-24-20-19-21-25-40,41-26-30-43(60-3)31-27-41)42-28-32-44(61-4)33-29-42/h19-21,24-34,37,45,48-50,58H,5-18,22-23,35-36,38-39H2,1-4H3,(H,53,56,59)/t45-,48?,49?,50-/m1/s1. The normalized spacial score (nSPS) is 17.4. The number of aromatic amines is 1. The van der Waals surface area contributed by atoms with Gasteiger partial charge < -0.3 is 33.7 Å². The lowest BCUT2D eigenvalue weighted by atomic mass is 9.80. The number of aromatic nitrogens is 2. The quantitative estimate of drug-likeness (QED) is 0.0387. The van der Waals surface area contributed by atoms with Crippen molar-refractivity contribution in [3.63, 3.8) is 0 Å². The van der Waals surface area contributed by atoms with Crippen LogP contribution in [0.25, 0.3) is 0 Å². The highest BCUT2D eigenvalue weighted by molar-refractivity contribution is 5.77. The van der Waals surface area contributed by atoms with Crippen LogP contribution in [-0.4, -0.2) is 84.3 Å². The highest BCUT2D eigenvalue weighted by Crippen LogP contribution is 2.43. The molecule has 1 aliphatic rings. The summed E-state index contributed by atoms with van der Waals surface area (Å²) in [5, 5.41) is 12.1. The topological polar surface area (TPSA) is 142 Å². The minimum absolute atomic E-state index is 0.153. The summed E-state index contributed by atoms with van der Waals surface area (Å²) >= 11 is 0. The van der Waals surface area contributed by atoms with Crippen LogP contribution in [0.15, 0.2) is 101 Å². The van der Waals surface area contributed by atoms with Crippen molar-refractivity contribution >= 4 is 5.91 Å². The minimum atomic E-state index is -1.33. The van der Waals surface area contributed by atoms with Crippen molar-refractivity contribution in [2.75, 3.05) is 40.5 Å². The van der Waals surface area contributed by atoms with Gasteiger partial charge in [0.2, 0.25) is 5.91 Å². The molecule has 2 heterocycles. The van der Waals surface area contributed by atoms with E-state index in [1.165, 1.54) is 81.0 Å². The van der Waals surface area contributed by atoms with Gasteiger partial charge in [-0.05, 0) is 53.8 Å². The number of benzene rings is 3. The number of aliphatic hydroxyl groups excluding tert-OH is 1. The van der Waals surface area contributed by atoms with E-state index >= 15 is 0 Å². The van der Waals surface area contributed by atoms with E-state index in [0.29, 0.717) is 24.6 Å². The third kappa shape index (κ3) is 14.1. The molecule has 1 saturated heterocycles. The van der Waals surface area contributed by atoms with Gasteiger partial charge in [-0.15, -0.1) is 0 Å². The van der Waals surface area contributed by atoms with E-state index in [1.54, 1.807) is 14.2 Å². The third-order valence-electron chi connectivity index (χ3n) is 12.4. The predicted molar refractivity (Wildman–Crippen MR) is 251 cm³/mol. The van der Waals surface area contributed by atoms with Gasteiger partial charge >= 0.3 is 5.69 Å². The van der Waals surface area contributed by atoms with Crippen molar-refractivity contribution in [2.45, 2.75) is 147 Å². The molecule has 2 N–H and O–H groups in total. The van der Waals surface area contributed by atoms with Gasteiger partial charge in [-0.1, -0.05) is 158 Å². The summed E-state index contributed by atoms with van der Waals surface area (Å²) in [6.45, 7) is 5.26. The van der Waals surface area contributed by atoms with Crippen molar-refractivity contribution < 1.29 is 33.6 Å². The number of methoxy groups -OCH3 is 2. The molecule has 0 spiro atoms. The van der Waals surface area contributed by atoms with E-state index in [9.17, 15) is 19.5 Å². The fourth-order valence-electron chi connectivity index (χ4n) is 8.66. The number of H-pyrrole nitrogens is 1. The zero-order valence-corrected chi connectivity index (χ0v) is 38.7. The van der Waals surface area contributed by atoms with Gasteiger partial charge in [-0.2, -0.15) is 0 Å². The molecule has 350 valence electrons. The van der Waals surface area contributed by atoms with Crippen molar-refractivity contribution in [3.8, 4) is 11.5 Å². The maximum atomic E-state index is 14.1. The Balaban J connectivity index is 1.37. The highest BCUT2D eigenvalue weighted by Gasteiger charge is 2.48. The molecule has 3 aromatic carbocycles. The van der Waals surface area contributed by atoms with Crippen molar-refractivity contribution in [2.24, 2.45) is 0 Å². The van der Waals surface area contributed by atoms with Gasteiger partial charge in [-0.3, -0.25) is 19.1 Å². The first-order valence-corrected chi connectivity index (χ1v) is 23.8. The monoisotopic (exact) mass is 884 g/mol. The van der Waals surface area contributed by atoms with Crippen LogP contribution >= 0.6 is 0 Å². The summed E-state index contributed by atoms with van der Waals surface area (Å²) in [4.78, 5) is 43.7. The van der Waals surface area contributed by atoms with Crippen LogP contribution in [0.5, 0.6) is 11.5 Å². The van der Waals surface area contributed by atoms with Crippen LogP contribution in [0.4, 0.5) is 0 Å². The molecular weight excluding hydrogens is 811 g/mol. The van der Waals surface area contributed by atoms with E-state index in [-0.39, 0.29) is 19.1 Å². The van der Waals surface area contributed by atoms with Crippen LogP contribution in [-0.2, 0) is 24.6 Å². The van der Waals surface area contributed by atoms with E-state index < -0.39 is 41.4 Å². The van der Waals surface area contributed by atoms with Crippen molar-refractivity contribution in [3.05, 3.63) is 129 Å². The average molecular weight is 884 g/mol. The fraction of sp³-hybridized carbons (Fsp3) is 0.558. The Morgan fingerprint density at radius 3 is 1.66 bits per heavy atom. The van der Waals surface area contributed by atoms with Gasteiger partial charge in [-0.25, -0.2) is 4.79 Å². The molecule has 0 saturated carbocycles. The third-order valence-corrected chi connectivity index (χ3v) is 12.4. The minimum Gasteiger partial charge on any atom is -0.497 e. The molecule has 0 radical (unpaired) electrons. The second-order valence-corrected chi connectivity index (χ2v) is 17.0. The van der Waals surface area contributed by atoms with Gasteiger partial charge in [0.05, 0.1) is 20.8 Å². The molecule has 1 aromatic heterocycles. The molecule has 4 atom stereocenters. The molecule has 1 aliphatic heterocycles. The van der Waals surface area contributed by atoms with E-state index in [0.717, 1.165) is 55.2 Å². The Hall–Kier alpha value is -4.75. The Morgan fingerprint density at radius 1 is 0.688 bits per heavy atom. The summed E-state index contributed by atoms with van der Waals surface area (Å²) in [6.07, 6.45) is 15.3. The molecule has 12 nitrogen and oxygen atoms in total. The number of aliphatic hydroxyl groups is 1. The number of nitrogens with one attached hydrogen (secondary N) is 1. The van der Waals surface area contributed by atoms with E-state index in [4.69, 9.17) is 23.7 Å². The van der Waals surface area contributed by atoms with Gasteiger partial charge in [0.25, 0.3) is 5.56 Å². The number of ether oxygens (including phenoxy) is 5. The lowest BCUT2D eigenvalue weighted by Crippen LogP contribution is -2.43. The molecule has 0 aliphatic carbocycles. The SMILES string of the molecule is CCCCCCCCCCN(CCCCCCCCCC)C(=O)COC1C(O)[C@@H](COC(c2ccccc2)(c2ccc(OC)cc2)c2ccc(OC)cc2)O[C@H]1n1ccc(=O)[nH]c1=O. The average Bonchev–Trinajstić information content (AvgIpc) is 3.63. The molecule has 1 fully saturated rings. The molecule has 5 rings (SSSR count). The molecule has 12 heteroatoms. The maximum Gasteiger partial charge on any atom is 0.330 e. The molecular formula is C52H73N3O9. The first kappa shape index (κ1) is 50.3. The van der Waals surface area contributed by atoms with Gasteiger partial charge in [0.1, 0.15) is 42.0 Å². The highest BCUT2D eigenvalue weighted by atomic mass is 16.6. The van der Waals surface area contributed by atoms with E-state index in [1.807, 2.05) is 83.8 Å². The predicted octanol–water partition coefficient (Wildman–Crippen LogP) is 9.32. The second kappa shape index (κ2) is 26.9. The van der Waals surface area contributed by atoms with Crippen molar-refractivity contribution in [1.29, 1.82) is 0 Å². The number of unbranched alkanes of at least 4 members (excludes halogenated alkanes) is 14. The summed E-state index contributed by atoms with van der Waals surface area (Å²) in [5.74, 6) is 1.17. The van der Waals surface area contributed by atoms with E-state index in [2.05, 4.69) is 18.8 Å². The second-order valence-electron chi connectivity index (χ2n) is 17.0. The zero-order chi connectivity index (χ0) is 45.6. The summed E-state index contributed by atoms with van der Waals surface area (Å²) in [5.41, 5.74) is -0.122. The summed E-state index contributed by atoms with van der Waals surface area (Å²) < 4.78 is 32.1. The molecule has 2 unspecified atom stereocenters. The number of carbonyl (C=O) groups is 1. The number of carbonyl (C=O) groups excluding carboxylic acids is 1. The molecule has 64 heavy (non-hydrogen) atoms. The van der Waals surface area contributed by atoms with Crippen molar-refractivity contribution in [1.82, 2.24) is 14.5 Å². The fourth-order valence-corrected chi connectivity index (χ4v) is 8.66. The first-order chi connectivity index (χ1) is 31.2.